The van der Waals surface area contributed by atoms with Crippen molar-refractivity contribution in [3.8, 4) is 0 Å². The number of amides is 1. The summed E-state index contributed by atoms with van der Waals surface area (Å²) in [5.41, 5.74) is 6.99. The van der Waals surface area contributed by atoms with Gasteiger partial charge in [0.1, 0.15) is 5.82 Å². The van der Waals surface area contributed by atoms with Crippen molar-refractivity contribution in [3.63, 3.8) is 0 Å². The van der Waals surface area contributed by atoms with Crippen LogP contribution in [0.5, 0.6) is 0 Å². The van der Waals surface area contributed by atoms with Crippen LogP contribution in [0.1, 0.15) is 15.9 Å². The van der Waals surface area contributed by atoms with E-state index in [-0.39, 0.29) is 5.82 Å². The van der Waals surface area contributed by atoms with Crippen molar-refractivity contribution in [1.82, 2.24) is 4.57 Å². The largest absolute Gasteiger partial charge is 0.366 e. The lowest BCUT2D eigenvalue weighted by Gasteiger charge is -2.08. The quantitative estimate of drug-likeness (QED) is 0.772. The standard InChI is InChI=1S/C16H12BrFN2O/c17-13-2-4-15-10(8-13)5-6-20(15)9-12-7-11(16(19)21)1-3-14(12)18/h1-8H,9H2,(H2,19,21). The Morgan fingerprint density at radius 1 is 1.19 bits per heavy atom. The molecule has 0 saturated heterocycles. The van der Waals surface area contributed by atoms with E-state index in [2.05, 4.69) is 15.9 Å². The summed E-state index contributed by atoms with van der Waals surface area (Å²) < 4.78 is 16.8. The van der Waals surface area contributed by atoms with E-state index in [9.17, 15) is 9.18 Å². The Kier molecular flexibility index (Phi) is 3.51. The van der Waals surface area contributed by atoms with E-state index in [0.717, 1.165) is 15.4 Å². The molecule has 0 saturated carbocycles. The van der Waals surface area contributed by atoms with Gasteiger partial charge in [-0.15, -0.1) is 0 Å². The normalized spacial score (nSPS) is 11.0. The van der Waals surface area contributed by atoms with Gasteiger partial charge in [0.05, 0.1) is 6.54 Å². The van der Waals surface area contributed by atoms with Crippen molar-refractivity contribution in [1.29, 1.82) is 0 Å². The zero-order chi connectivity index (χ0) is 15.0. The number of halogens is 2. The van der Waals surface area contributed by atoms with Gasteiger partial charge in [-0.1, -0.05) is 15.9 Å². The number of carbonyl (C=O) groups is 1. The molecular weight excluding hydrogens is 335 g/mol. The van der Waals surface area contributed by atoms with E-state index in [0.29, 0.717) is 17.7 Å². The monoisotopic (exact) mass is 346 g/mol. The van der Waals surface area contributed by atoms with E-state index in [4.69, 9.17) is 5.73 Å². The molecule has 106 valence electrons. The number of hydrogen-bond donors (Lipinski definition) is 1. The third-order valence-corrected chi connectivity index (χ3v) is 3.90. The number of primary amides is 1. The Morgan fingerprint density at radius 3 is 2.76 bits per heavy atom. The molecule has 0 aliphatic carbocycles. The average Bonchev–Trinajstić information content (AvgIpc) is 2.83. The number of nitrogens with zero attached hydrogens (tertiary/aromatic N) is 1. The fourth-order valence-corrected chi connectivity index (χ4v) is 2.72. The van der Waals surface area contributed by atoms with Gasteiger partial charge in [-0.05, 0) is 42.5 Å². The maximum atomic E-state index is 13.9. The van der Waals surface area contributed by atoms with Crippen molar-refractivity contribution in [2.45, 2.75) is 6.54 Å². The van der Waals surface area contributed by atoms with Gasteiger partial charge in [0.25, 0.3) is 0 Å². The molecule has 0 spiro atoms. The number of hydrogen-bond acceptors (Lipinski definition) is 1. The predicted octanol–water partition coefficient (Wildman–Crippen LogP) is 3.69. The maximum Gasteiger partial charge on any atom is 0.248 e. The molecule has 1 amide bonds. The molecule has 3 aromatic rings. The molecule has 0 atom stereocenters. The number of rotatable bonds is 3. The molecule has 0 unspecified atom stereocenters. The van der Waals surface area contributed by atoms with E-state index >= 15 is 0 Å². The fourth-order valence-electron chi connectivity index (χ4n) is 2.34. The minimum atomic E-state index is -0.558. The molecule has 2 N–H and O–H groups in total. The van der Waals surface area contributed by atoms with Crippen LogP contribution in [0.25, 0.3) is 10.9 Å². The summed E-state index contributed by atoms with van der Waals surface area (Å²) in [6, 6.07) is 12.0. The van der Waals surface area contributed by atoms with Gasteiger partial charge in [-0.2, -0.15) is 0 Å². The van der Waals surface area contributed by atoms with Gasteiger partial charge in [0.2, 0.25) is 5.91 Å². The molecule has 0 bridgehead atoms. The summed E-state index contributed by atoms with van der Waals surface area (Å²) in [5, 5.41) is 1.07. The molecule has 5 heteroatoms. The molecule has 0 radical (unpaired) electrons. The van der Waals surface area contributed by atoms with Gasteiger partial charge < -0.3 is 10.3 Å². The first kappa shape index (κ1) is 13.8. The van der Waals surface area contributed by atoms with Crippen molar-refractivity contribution in [2.24, 2.45) is 5.73 Å². The topological polar surface area (TPSA) is 48.0 Å². The Hall–Kier alpha value is -2.14. The highest BCUT2D eigenvalue weighted by Gasteiger charge is 2.09. The Morgan fingerprint density at radius 2 is 2.00 bits per heavy atom. The SMILES string of the molecule is NC(=O)c1ccc(F)c(Cn2ccc3cc(Br)ccc32)c1. The number of nitrogens with two attached hydrogens (primary N) is 1. The highest BCUT2D eigenvalue weighted by Crippen LogP contribution is 2.22. The first-order valence-electron chi connectivity index (χ1n) is 6.37. The number of aromatic nitrogens is 1. The number of fused-ring (bicyclic) bond motifs is 1. The van der Waals surface area contributed by atoms with Crippen LogP contribution in [0.4, 0.5) is 4.39 Å². The van der Waals surface area contributed by atoms with E-state index < -0.39 is 5.91 Å². The predicted molar refractivity (Wildman–Crippen MR) is 83.7 cm³/mol. The van der Waals surface area contributed by atoms with Crippen molar-refractivity contribution < 1.29 is 9.18 Å². The van der Waals surface area contributed by atoms with E-state index in [1.54, 1.807) is 0 Å². The van der Waals surface area contributed by atoms with Crippen molar-refractivity contribution >= 4 is 32.7 Å². The summed E-state index contributed by atoms with van der Waals surface area (Å²) in [7, 11) is 0. The van der Waals surface area contributed by atoms with Crippen LogP contribution >= 0.6 is 15.9 Å². The molecule has 0 aliphatic heterocycles. The van der Waals surface area contributed by atoms with Crippen molar-refractivity contribution in [2.75, 3.05) is 0 Å². The minimum absolute atomic E-state index is 0.311. The van der Waals surface area contributed by atoms with Crippen LogP contribution in [0.2, 0.25) is 0 Å². The van der Waals surface area contributed by atoms with Gasteiger partial charge in [0.15, 0.2) is 0 Å². The molecule has 2 aromatic carbocycles. The molecule has 21 heavy (non-hydrogen) atoms. The Balaban J connectivity index is 2.02. The van der Waals surface area contributed by atoms with Crippen LogP contribution in [-0.2, 0) is 6.54 Å². The van der Waals surface area contributed by atoms with Gasteiger partial charge >= 0.3 is 0 Å². The lowest BCUT2D eigenvalue weighted by Crippen LogP contribution is -2.12. The zero-order valence-corrected chi connectivity index (χ0v) is 12.6. The molecule has 1 heterocycles. The highest BCUT2D eigenvalue weighted by atomic mass is 79.9. The molecule has 0 aliphatic rings. The Bertz CT molecular complexity index is 841. The zero-order valence-electron chi connectivity index (χ0n) is 11.0. The van der Waals surface area contributed by atoms with E-state index in [1.165, 1.54) is 18.2 Å². The summed E-state index contributed by atoms with van der Waals surface area (Å²) in [4.78, 5) is 11.2. The molecule has 3 nitrogen and oxygen atoms in total. The van der Waals surface area contributed by atoms with Crippen molar-refractivity contribution in [3.05, 3.63) is 70.1 Å². The van der Waals surface area contributed by atoms with Gasteiger partial charge in [0, 0.05) is 32.7 Å². The summed E-state index contributed by atoms with van der Waals surface area (Å²) in [6.45, 7) is 0.345. The third kappa shape index (κ3) is 2.69. The Labute approximate surface area is 129 Å². The molecule has 0 fully saturated rings. The first-order valence-corrected chi connectivity index (χ1v) is 7.16. The summed E-state index contributed by atoms with van der Waals surface area (Å²) in [5.74, 6) is -0.906. The van der Waals surface area contributed by atoms with Crippen LogP contribution < -0.4 is 5.73 Å². The second-order valence-electron chi connectivity index (χ2n) is 4.82. The van der Waals surface area contributed by atoms with Gasteiger partial charge in [-0.25, -0.2) is 4.39 Å². The maximum absolute atomic E-state index is 13.9. The molecular formula is C16H12BrFN2O. The highest BCUT2D eigenvalue weighted by molar-refractivity contribution is 9.10. The van der Waals surface area contributed by atoms with Gasteiger partial charge in [-0.3, -0.25) is 4.79 Å². The second-order valence-corrected chi connectivity index (χ2v) is 5.73. The lowest BCUT2D eigenvalue weighted by molar-refractivity contribution is 0.1000. The molecule has 1 aromatic heterocycles. The van der Waals surface area contributed by atoms with Crippen LogP contribution in [0.15, 0.2) is 53.1 Å². The second kappa shape index (κ2) is 5.33. The smallest absolute Gasteiger partial charge is 0.248 e. The molecule has 3 rings (SSSR count). The minimum Gasteiger partial charge on any atom is -0.366 e. The fraction of sp³-hybridized carbons (Fsp3) is 0.0625. The third-order valence-electron chi connectivity index (χ3n) is 3.40. The number of carbonyl (C=O) groups excluding carboxylic acids is 1. The van der Waals surface area contributed by atoms with E-state index in [1.807, 2.05) is 35.0 Å². The van der Waals surface area contributed by atoms with Crippen LogP contribution in [0, 0.1) is 5.82 Å². The first-order chi connectivity index (χ1) is 10.0. The van der Waals surface area contributed by atoms with Crippen LogP contribution in [0.3, 0.4) is 0 Å². The summed E-state index contributed by atoms with van der Waals surface area (Å²) >= 11 is 3.42. The van der Waals surface area contributed by atoms with Crippen LogP contribution in [-0.4, -0.2) is 10.5 Å². The summed E-state index contributed by atoms with van der Waals surface area (Å²) in [6.07, 6.45) is 1.90. The number of benzene rings is 2. The lowest BCUT2D eigenvalue weighted by atomic mass is 10.1. The average molecular weight is 347 g/mol.